The van der Waals surface area contributed by atoms with Crippen LogP contribution in [0.2, 0.25) is 0 Å². The highest BCUT2D eigenvalue weighted by Crippen LogP contribution is 2.39. The number of aromatic nitrogens is 4. The van der Waals surface area contributed by atoms with Crippen molar-refractivity contribution in [2.75, 3.05) is 55.3 Å². The molecule has 2 aromatic carbocycles. The Kier molecular flexibility index (Phi) is 8.89. The standard InChI is InChI=1S/C38H44N10O4/c1-44(25-11-16-45(17-12-25)31-6-4-7-32-28(31)15-20-47(32)33-9-10-35(50)41-37(33)51)38(52)46-18-13-26(14-19-46)48-23-24(22-40-48)29-21-30(42-43-36(29)39)27-5-2-3-8-34(27)49/h2-8,21-23,25-26,33,49H,9-20H2,1H3,(H2,39,43)(H,41,50,51). The van der Waals surface area contributed by atoms with Crippen LogP contribution in [0.25, 0.3) is 22.4 Å². The van der Waals surface area contributed by atoms with Gasteiger partial charge in [-0.1, -0.05) is 18.2 Å². The van der Waals surface area contributed by atoms with Gasteiger partial charge >= 0.3 is 6.03 Å². The third-order valence-corrected chi connectivity index (χ3v) is 11.3. The molecule has 2 aromatic heterocycles. The number of carbonyl (C=O) groups is 3. The number of para-hydroxylation sites is 1. The molecule has 14 nitrogen and oxygen atoms in total. The number of nitrogen functional groups attached to an aromatic ring is 1. The first-order valence-electron chi connectivity index (χ1n) is 18.2. The van der Waals surface area contributed by atoms with E-state index in [4.69, 9.17) is 5.73 Å². The van der Waals surface area contributed by atoms with Crippen molar-refractivity contribution < 1.29 is 19.5 Å². The molecule has 4 amide bonds. The lowest BCUT2D eigenvalue weighted by Gasteiger charge is -2.41. The molecule has 4 aliphatic heterocycles. The molecule has 6 heterocycles. The van der Waals surface area contributed by atoms with Crippen LogP contribution in [0.1, 0.15) is 50.1 Å². The van der Waals surface area contributed by atoms with Crippen LogP contribution in [0.3, 0.4) is 0 Å². The fourth-order valence-corrected chi connectivity index (χ4v) is 8.37. The summed E-state index contributed by atoms with van der Waals surface area (Å²) in [6.07, 6.45) is 8.88. The average molecular weight is 705 g/mol. The van der Waals surface area contributed by atoms with Crippen molar-refractivity contribution in [3.8, 4) is 28.1 Å². The molecular weight excluding hydrogens is 660 g/mol. The van der Waals surface area contributed by atoms with Crippen LogP contribution < -0.4 is 20.9 Å². The molecule has 4 aromatic rings. The molecule has 3 fully saturated rings. The number of carbonyl (C=O) groups excluding carboxylic acids is 3. The topological polar surface area (TPSA) is 166 Å². The second-order valence-corrected chi connectivity index (χ2v) is 14.3. The van der Waals surface area contributed by atoms with E-state index in [2.05, 4.69) is 48.6 Å². The second-order valence-electron chi connectivity index (χ2n) is 14.3. The number of hydrogen-bond donors (Lipinski definition) is 3. The summed E-state index contributed by atoms with van der Waals surface area (Å²) in [5.41, 5.74) is 12.4. The summed E-state index contributed by atoms with van der Waals surface area (Å²) >= 11 is 0. The quantitative estimate of drug-likeness (QED) is 0.251. The lowest BCUT2D eigenvalue weighted by molar-refractivity contribution is -0.134. The molecule has 1 atom stereocenters. The highest BCUT2D eigenvalue weighted by molar-refractivity contribution is 6.02. The summed E-state index contributed by atoms with van der Waals surface area (Å²) < 4.78 is 1.96. The van der Waals surface area contributed by atoms with Crippen molar-refractivity contribution in [1.29, 1.82) is 0 Å². The molecule has 8 rings (SSSR count). The number of hydrogen-bond acceptors (Lipinski definition) is 10. The molecule has 4 N–H and O–H groups in total. The maximum absolute atomic E-state index is 13.7. The van der Waals surface area contributed by atoms with Gasteiger partial charge in [-0.3, -0.25) is 19.6 Å². The van der Waals surface area contributed by atoms with Crippen LogP contribution in [0.15, 0.2) is 60.9 Å². The molecule has 0 aliphatic carbocycles. The van der Waals surface area contributed by atoms with Gasteiger partial charge < -0.3 is 30.4 Å². The van der Waals surface area contributed by atoms with Crippen molar-refractivity contribution in [3.63, 3.8) is 0 Å². The molecule has 0 radical (unpaired) electrons. The van der Waals surface area contributed by atoms with Gasteiger partial charge in [-0.2, -0.15) is 5.10 Å². The number of nitrogens with one attached hydrogen (secondary N) is 1. The molecule has 0 bridgehead atoms. The summed E-state index contributed by atoms with van der Waals surface area (Å²) in [6, 6.07) is 15.2. The average Bonchev–Trinajstić information content (AvgIpc) is 3.83. The summed E-state index contributed by atoms with van der Waals surface area (Å²) in [4.78, 5) is 46.5. The van der Waals surface area contributed by atoms with Crippen LogP contribution in [-0.4, -0.2) is 105 Å². The van der Waals surface area contributed by atoms with E-state index in [-0.39, 0.29) is 47.5 Å². The highest BCUT2D eigenvalue weighted by atomic mass is 16.3. The number of likely N-dealkylation sites (tertiary alicyclic amines) is 1. The first-order valence-corrected chi connectivity index (χ1v) is 18.2. The number of amides is 4. The van der Waals surface area contributed by atoms with E-state index in [0.717, 1.165) is 63.0 Å². The zero-order valence-corrected chi connectivity index (χ0v) is 29.3. The van der Waals surface area contributed by atoms with Crippen LogP contribution in [-0.2, 0) is 16.0 Å². The van der Waals surface area contributed by atoms with E-state index >= 15 is 0 Å². The Morgan fingerprint density at radius 1 is 0.904 bits per heavy atom. The van der Waals surface area contributed by atoms with Gasteiger partial charge in [0.05, 0.1) is 17.9 Å². The molecule has 270 valence electrons. The number of urea groups is 1. The number of aromatic hydroxyl groups is 1. The Bertz CT molecular complexity index is 2000. The van der Waals surface area contributed by atoms with E-state index in [1.165, 1.54) is 11.3 Å². The minimum Gasteiger partial charge on any atom is -0.507 e. The smallest absolute Gasteiger partial charge is 0.319 e. The Hall–Kier alpha value is -5.66. The molecule has 0 saturated carbocycles. The van der Waals surface area contributed by atoms with Gasteiger partial charge in [-0.25, -0.2) is 4.79 Å². The van der Waals surface area contributed by atoms with Crippen LogP contribution in [0, 0.1) is 0 Å². The third-order valence-electron chi connectivity index (χ3n) is 11.3. The largest absolute Gasteiger partial charge is 0.507 e. The molecule has 3 saturated heterocycles. The maximum Gasteiger partial charge on any atom is 0.319 e. The zero-order chi connectivity index (χ0) is 35.9. The number of phenols is 1. The number of piperidine rings is 3. The van der Waals surface area contributed by atoms with Gasteiger partial charge in [0.2, 0.25) is 11.8 Å². The van der Waals surface area contributed by atoms with Gasteiger partial charge in [-0.05, 0) is 68.9 Å². The number of phenolic OH excluding ortho intramolecular Hbond substituents is 1. The van der Waals surface area contributed by atoms with E-state index in [0.29, 0.717) is 42.8 Å². The third kappa shape index (κ3) is 6.26. The normalized spacial score (nSPS) is 19.9. The lowest BCUT2D eigenvalue weighted by atomic mass is 10.0. The monoisotopic (exact) mass is 704 g/mol. The summed E-state index contributed by atoms with van der Waals surface area (Å²) in [5, 5.41) is 25.8. The fourth-order valence-electron chi connectivity index (χ4n) is 8.37. The van der Waals surface area contributed by atoms with Crippen molar-refractivity contribution in [2.24, 2.45) is 0 Å². The second kappa shape index (κ2) is 13.8. The SMILES string of the molecule is CN(C(=O)N1CCC(n2cc(-c3cc(-c4ccccc4O)nnc3N)cn2)CC1)C1CCN(c2cccc3c2CCN3C2CCC(=O)NC2=O)CC1. The van der Waals surface area contributed by atoms with Crippen LogP contribution >= 0.6 is 0 Å². The molecule has 0 spiro atoms. The van der Waals surface area contributed by atoms with Crippen molar-refractivity contribution in [2.45, 2.75) is 63.1 Å². The minimum atomic E-state index is -0.309. The van der Waals surface area contributed by atoms with Gasteiger partial charge in [0.1, 0.15) is 11.8 Å². The van der Waals surface area contributed by atoms with Gasteiger partial charge in [0.25, 0.3) is 0 Å². The van der Waals surface area contributed by atoms with E-state index in [9.17, 15) is 19.5 Å². The molecule has 52 heavy (non-hydrogen) atoms. The van der Waals surface area contributed by atoms with Crippen molar-refractivity contribution >= 4 is 35.0 Å². The molecule has 14 heteroatoms. The first kappa shape index (κ1) is 33.5. The highest BCUT2D eigenvalue weighted by Gasteiger charge is 2.37. The van der Waals surface area contributed by atoms with Gasteiger partial charge in [0.15, 0.2) is 5.82 Å². The number of anilines is 3. The number of rotatable bonds is 6. The van der Waals surface area contributed by atoms with Crippen molar-refractivity contribution in [1.82, 2.24) is 35.1 Å². The fraction of sp³-hybridized carbons (Fsp3) is 0.421. The van der Waals surface area contributed by atoms with E-state index < -0.39 is 0 Å². The Labute approximate surface area is 302 Å². The number of benzene rings is 2. The number of nitrogens with zero attached hydrogens (tertiary/aromatic N) is 8. The summed E-state index contributed by atoms with van der Waals surface area (Å²) in [5.74, 6) is 0.0181. The predicted molar refractivity (Wildman–Crippen MR) is 197 cm³/mol. The minimum absolute atomic E-state index is 0.0749. The Morgan fingerprint density at radius 2 is 1.67 bits per heavy atom. The number of imide groups is 1. The van der Waals surface area contributed by atoms with E-state index in [1.54, 1.807) is 24.4 Å². The summed E-state index contributed by atoms with van der Waals surface area (Å²) in [7, 11) is 1.93. The van der Waals surface area contributed by atoms with Gasteiger partial charge in [0, 0.05) is 92.1 Å². The predicted octanol–water partition coefficient (Wildman–Crippen LogP) is 3.82. The number of fused-ring (bicyclic) bond motifs is 1. The molecular formula is C38H44N10O4. The Balaban J connectivity index is 0.855. The molecule has 1 unspecified atom stereocenters. The zero-order valence-electron chi connectivity index (χ0n) is 29.3. The van der Waals surface area contributed by atoms with Crippen molar-refractivity contribution in [3.05, 3.63) is 66.5 Å². The van der Waals surface area contributed by atoms with E-state index in [1.807, 2.05) is 39.9 Å². The Morgan fingerprint density at radius 3 is 2.44 bits per heavy atom. The number of nitrogens with two attached hydrogens (primary N) is 1. The van der Waals surface area contributed by atoms with Crippen LogP contribution in [0.4, 0.5) is 22.0 Å². The van der Waals surface area contributed by atoms with Gasteiger partial charge in [-0.15, -0.1) is 10.2 Å². The maximum atomic E-state index is 13.7. The first-order chi connectivity index (χ1) is 25.2. The molecule has 4 aliphatic rings. The van der Waals surface area contributed by atoms with Crippen LogP contribution in [0.5, 0.6) is 5.75 Å². The summed E-state index contributed by atoms with van der Waals surface area (Å²) in [6.45, 7) is 3.78. The lowest BCUT2D eigenvalue weighted by Crippen LogP contribution is -2.52.